The number of ether oxygens (including phenoxy) is 1. The Morgan fingerprint density at radius 2 is 2.10 bits per heavy atom. The van der Waals surface area contributed by atoms with Gasteiger partial charge in [-0.1, -0.05) is 0 Å². The summed E-state index contributed by atoms with van der Waals surface area (Å²) in [5.41, 5.74) is 4.28. The molecule has 2 rings (SSSR count). The van der Waals surface area contributed by atoms with Crippen molar-refractivity contribution in [1.29, 1.82) is 0 Å². The molecule has 1 aromatic rings. The minimum atomic E-state index is -4.53. The van der Waals surface area contributed by atoms with Crippen LogP contribution in [0.4, 0.5) is 24.9 Å². The van der Waals surface area contributed by atoms with Gasteiger partial charge in [0, 0.05) is 26.3 Å². The van der Waals surface area contributed by atoms with Crippen molar-refractivity contribution in [2.24, 2.45) is 5.92 Å². The highest BCUT2D eigenvalue weighted by atomic mass is 19.4. The summed E-state index contributed by atoms with van der Waals surface area (Å²) in [6, 6.07) is 0.886. The number of hydrogen-bond acceptors (Lipinski definition) is 5. The molecule has 112 valence electrons. The maximum absolute atomic E-state index is 12.6. The maximum atomic E-state index is 12.6. The molecule has 2 N–H and O–H groups in total. The number of alkyl halides is 3. The van der Waals surface area contributed by atoms with Crippen LogP contribution in [0.25, 0.3) is 0 Å². The zero-order valence-electron chi connectivity index (χ0n) is 11.2. The van der Waals surface area contributed by atoms with Gasteiger partial charge in [0.1, 0.15) is 5.82 Å². The predicted octanol–water partition coefficient (Wildman–Crippen LogP) is 1.94. The van der Waals surface area contributed by atoms with Gasteiger partial charge >= 0.3 is 6.18 Å². The summed E-state index contributed by atoms with van der Waals surface area (Å²) in [6.45, 7) is 1.60. The highest BCUT2D eigenvalue weighted by Gasteiger charge is 2.33. The molecule has 1 aromatic heterocycles. The fourth-order valence-corrected chi connectivity index (χ4v) is 1.64. The number of nitrogen functional groups attached to an aromatic ring is 1. The third kappa shape index (κ3) is 4.22. The molecule has 0 bridgehead atoms. The van der Waals surface area contributed by atoms with Crippen LogP contribution in [0.15, 0.2) is 6.07 Å². The molecule has 0 saturated heterocycles. The Hall–Kier alpha value is -1.57. The van der Waals surface area contributed by atoms with Crippen LogP contribution in [0.2, 0.25) is 0 Å². The second-order valence-corrected chi connectivity index (χ2v) is 4.91. The molecule has 1 saturated carbocycles. The summed E-state index contributed by atoms with van der Waals surface area (Å²) in [5.74, 6) is 0.409. The lowest BCUT2D eigenvalue weighted by Crippen LogP contribution is -2.25. The Balaban J connectivity index is 1.93. The average molecular weight is 290 g/mol. The van der Waals surface area contributed by atoms with Crippen LogP contribution in [-0.4, -0.2) is 36.8 Å². The van der Waals surface area contributed by atoms with Crippen molar-refractivity contribution in [2.75, 3.05) is 37.4 Å². The number of hydrogen-bond donors (Lipinski definition) is 1. The van der Waals surface area contributed by atoms with Crippen LogP contribution >= 0.6 is 0 Å². The number of halogens is 3. The Morgan fingerprint density at radius 3 is 2.70 bits per heavy atom. The van der Waals surface area contributed by atoms with E-state index in [0.717, 1.165) is 6.07 Å². The van der Waals surface area contributed by atoms with Gasteiger partial charge in [0.15, 0.2) is 5.69 Å². The SMILES string of the molecule is CN(CCOCC1CC1)c1cc(C(F)(F)F)nc(N)n1. The number of rotatable bonds is 6. The van der Waals surface area contributed by atoms with Crippen molar-refractivity contribution in [3.63, 3.8) is 0 Å². The van der Waals surface area contributed by atoms with Crippen molar-refractivity contribution in [2.45, 2.75) is 19.0 Å². The molecule has 0 atom stereocenters. The average Bonchev–Trinajstić information content (AvgIpc) is 3.16. The first-order valence-electron chi connectivity index (χ1n) is 6.37. The summed E-state index contributed by atoms with van der Waals surface area (Å²) in [7, 11) is 1.64. The van der Waals surface area contributed by atoms with Gasteiger partial charge < -0.3 is 15.4 Å². The standard InChI is InChI=1S/C12H17F3N4O/c1-19(4-5-20-7-8-2-3-8)10-6-9(12(13,14)15)17-11(16)18-10/h6,8H,2-5,7H2,1H3,(H2,16,17,18). The van der Waals surface area contributed by atoms with Gasteiger partial charge in [0.25, 0.3) is 0 Å². The molecule has 1 fully saturated rings. The van der Waals surface area contributed by atoms with E-state index in [9.17, 15) is 13.2 Å². The first kappa shape index (κ1) is 14.8. The molecule has 0 amide bonds. The van der Waals surface area contributed by atoms with Crippen LogP contribution in [0, 0.1) is 5.92 Å². The first-order chi connectivity index (χ1) is 9.36. The Labute approximate surface area is 114 Å². The largest absolute Gasteiger partial charge is 0.433 e. The normalized spacial score (nSPS) is 15.4. The highest BCUT2D eigenvalue weighted by molar-refractivity contribution is 5.43. The van der Waals surface area contributed by atoms with Crippen molar-refractivity contribution < 1.29 is 17.9 Å². The summed E-state index contributed by atoms with van der Waals surface area (Å²) in [5, 5.41) is 0. The van der Waals surface area contributed by atoms with E-state index in [1.807, 2.05) is 0 Å². The Morgan fingerprint density at radius 1 is 1.40 bits per heavy atom. The quantitative estimate of drug-likeness (QED) is 0.811. The molecule has 0 aromatic carbocycles. The molecular weight excluding hydrogens is 273 g/mol. The van der Waals surface area contributed by atoms with Crippen molar-refractivity contribution in [3.05, 3.63) is 11.8 Å². The van der Waals surface area contributed by atoms with E-state index >= 15 is 0 Å². The van der Waals surface area contributed by atoms with Gasteiger partial charge in [-0.25, -0.2) is 4.98 Å². The summed E-state index contributed by atoms with van der Waals surface area (Å²) in [6.07, 6.45) is -2.13. The van der Waals surface area contributed by atoms with E-state index in [1.54, 1.807) is 11.9 Å². The van der Waals surface area contributed by atoms with Crippen LogP contribution in [-0.2, 0) is 10.9 Å². The van der Waals surface area contributed by atoms with Crippen molar-refractivity contribution in [3.8, 4) is 0 Å². The lowest BCUT2D eigenvalue weighted by atomic mass is 10.3. The van der Waals surface area contributed by atoms with Crippen molar-refractivity contribution in [1.82, 2.24) is 9.97 Å². The third-order valence-corrected chi connectivity index (χ3v) is 3.03. The summed E-state index contributed by atoms with van der Waals surface area (Å²) < 4.78 is 43.3. The van der Waals surface area contributed by atoms with Gasteiger partial charge in [-0.05, 0) is 18.8 Å². The molecule has 8 heteroatoms. The Bertz CT molecular complexity index is 463. The van der Waals surface area contributed by atoms with Gasteiger partial charge in [-0.3, -0.25) is 0 Å². The minimum absolute atomic E-state index is 0.139. The second-order valence-electron chi connectivity index (χ2n) is 4.91. The maximum Gasteiger partial charge on any atom is 0.433 e. The lowest BCUT2D eigenvalue weighted by molar-refractivity contribution is -0.141. The molecule has 5 nitrogen and oxygen atoms in total. The van der Waals surface area contributed by atoms with E-state index in [2.05, 4.69) is 9.97 Å². The van der Waals surface area contributed by atoms with Crippen LogP contribution < -0.4 is 10.6 Å². The number of nitrogens with zero attached hydrogens (tertiary/aromatic N) is 3. The van der Waals surface area contributed by atoms with E-state index in [1.165, 1.54) is 12.8 Å². The number of anilines is 2. The molecule has 1 aliphatic carbocycles. The first-order valence-corrected chi connectivity index (χ1v) is 6.37. The molecular formula is C12H17F3N4O. The van der Waals surface area contributed by atoms with Gasteiger partial charge in [0.05, 0.1) is 6.61 Å². The number of aromatic nitrogens is 2. The van der Waals surface area contributed by atoms with E-state index in [0.29, 0.717) is 25.7 Å². The molecule has 0 spiro atoms. The zero-order chi connectivity index (χ0) is 14.8. The van der Waals surface area contributed by atoms with Gasteiger partial charge in [-0.2, -0.15) is 18.2 Å². The number of nitrogens with two attached hydrogens (primary N) is 1. The summed E-state index contributed by atoms with van der Waals surface area (Å²) in [4.78, 5) is 8.58. The second kappa shape index (κ2) is 5.82. The van der Waals surface area contributed by atoms with Crippen molar-refractivity contribution >= 4 is 11.8 Å². The lowest BCUT2D eigenvalue weighted by Gasteiger charge is -2.19. The van der Waals surface area contributed by atoms with Crippen LogP contribution in [0.1, 0.15) is 18.5 Å². The fourth-order valence-electron chi connectivity index (χ4n) is 1.64. The smallest absolute Gasteiger partial charge is 0.379 e. The highest BCUT2D eigenvalue weighted by Crippen LogP contribution is 2.30. The molecule has 1 heterocycles. The summed E-state index contributed by atoms with van der Waals surface area (Å²) >= 11 is 0. The third-order valence-electron chi connectivity index (χ3n) is 3.03. The fraction of sp³-hybridized carbons (Fsp3) is 0.667. The van der Waals surface area contributed by atoms with Crippen LogP contribution in [0.5, 0.6) is 0 Å². The van der Waals surface area contributed by atoms with Gasteiger partial charge in [-0.15, -0.1) is 0 Å². The minimum Gasteiger partial charge on any atom is -0.379 e. The molecule has 20 heavy (non-hydrogen) atoms. The molecule has 0 radical (unpaired) electrons. The van der Waals surface area contributed by atoms with Crippen LogP contribution in [0.3, 0.4) is 0 Å². The van der Waals surface area contributed by atoms with E-state index in [-0.39, 0.29) is 11.8 Å². The van der Waals surface area contributed by atoms with E-state index in [4.69, 9.17) is 10.5 Å². The molecule has 0 aliphatic heterocycles. The zero-order valence-corrected chi connectivity index (χ0v) is 11.2. The van der Waals surface area contributed by atoms with Gasteiger partial charge in [0.2, 0.25) is 5.95 Å². The molecule has 0 unspecified atom stereocenters. The molecule has 1 aliphatic rings. The predicted molar refractivity (Wildman–Crippen MR) is 68.3 cm³/mol. The number of likely N-dealkylation sites (N-methyl/N-ethyl adjacent to an activating group) is 1. The topological polar surface area (TPSA) is 64.3 Å². The van der Waals surface area contributed by atoms with E-state index < -0.39 is 11.9 Å². The monoisotopic (exact) mass is 290 g/mol. The Kier molecular flexibility index (Phi) is 4.32.